The molecule has 0 amide bonds. The maximum atomic E-state index is 10.5. The van der Waals surface area contributed by atoms with Crippen LogP contribution >= 0.6 is 23.2 Å². The lowest BCUT2D eigenvalue weighted by Crippen LogP contribution is -2.33. The highest BCUT2D eigenvalue weighted by molar-refractivity contribution is 6.31. The van der Waals surface area contributed by atoms with Crippen LogP contribution in [0.2, 0.25) is 10.0 Å². The van der Waals surface area contributed by atoms with Gasteiger partial charge >= 0.3 is 0 Å². The summed E-state index contributed by atoms with van der Waals surface area (Å²) in [6.07, 6.45) is 0.186. The van der Waals surface area contributed by atoms with Crippen LogP contribution in [0.1, 0.15) is 35.3 Å². The fourth-order valence-corrected chi connectivity index (χ4v) is 4.24. The van der Waals surface area contributed by atoms with Crippen molar-refractivity contribution in [1.29, 1.82) is 0 Å². The van der Waals surface area contributed by atoms with Gasteiger partial charge in [0, 0.05) is 39.3 Å². The van der Waals surface area contributed by atoms with Gasteiger partial charge in [-0.1, -0.05) is 41.4 Å². The molecule has 0 spiro atoms. The first-order valence-corrected chi connectivity index (χ1v) is 10.3. The lowest BCUT2D eigenvalue weighted by molar-refractivity contribution is 0.174. The highest BCUT2D eigenvalue weighted by Gasteiger charge is 2.29. The molecule has 0 saturated carbocycles. The fraction of sp³-hybridized carbons (Fsp3) is 0.174. The van der Waals surface area contributed by atoms with Gasteiger partial charge in [-0.3, -0.25) is 10.3 Å². The van der Waals surface area contributed by atoms with E-state index in [2.05, 4.69) is 5.32 Å². The third kappa shape index (κ3) is 3.60. The summed E-state index contributed by atoms with van der Waals surface area (Å²) in [7, 11) is 0. The molecule has 2 heterocycles. The number of phenols is 1. The van der Waals surface area contributed by atoms with E-state index in [4.69, 9.17) is 37.7 Å². The van der Waals surface area contributed by atoms with Crippen molar-refractivity contribution in [1.82, 2.24) is 5.32 Å². The summed E-state index contributed by atoms with van der Waals surface area (Å²) in [6.45, 7) is 0.216. The van der Waals surface area contributed by atoms with Crippen molar-refractivity contribution in [2.45, 2.75) is 18.6 Å². The quantitative estimate of drug-likeness (QED) is 0.552. The summed E-state index contributed by atoms with van der Waals surface area (Å²) < 4.78 is 11.0. The summed E-state index contributed by atoms with van der Waals surface area (Å²) in [4.78, 5) is 4.95. The van der Waals surface area contributed by atoms with Gasteiger partial charge < -0.3 is 14.6 Å². The molecule has 5 rings (SSSR count). The van der Waals surface area contributed by atoms with Crippen molar-refractivity contribution in [3.8, 4) is 17.2 Å². The second kappa shape index (κ2) is 7.84. The molecule has 3 aromatic carbocycles. The van der Waals surface area contributed by atoms with Crippen molar-refractivity contribution < 1.29 is 14.6 Å². The molecule has 152 valence electrons. The van der Waals surface area contributed by atoms with Gasteiger partial charge in [-0.05, 0) is 48.0 Å². The molecule has 30 heavy (non-hydrogen) atoms. The standard InChI is InChI=1S/C23H18Cl2N2O3/c24-14-6-7-20(28)16(10-14)19-11-18(13-5-8-21-22(9-13)30-12-29-21)26-23(27-19)15-3-1-2-4-17(15)25/h1-10,19,23,27-28H,11-12H2/t19-,23-/m0/s1. The number of halogens is 2. The van der Waals surface area contributed by atoms with Crippen LogP contribution < -0.4 is 14.8 Å². The minimum Gasteiger partial charge on any atom is -0.508 e. The molecular weight excluding hydrogens is 423 g/mol. The van der Waals surface area contributed by atoms with Crippen molar-refractivity contribution >= 4 is 28.9 Å². The van der Waals surface area contributed by atoms with Gasteiger partial charge in [-0.15, -0.1) is 0 Å². The van der Waals surface area contributed by atoms with E-state index in [1.54, 1.807) is 18.2 Å². The highest BCUT2D eigenvalue weighted by Crippen LogP contribution is 2.39. The van der Waals surface area contributed by atoms with Gasteiger partial charge in [-0.2, -0.15) is 0 Å². The van der Waals surface area contributed by atoms with E-state index in [1.165, 1.54) is 0 Å². The minimum atomic E-state index is -0.378. The number of benzene rings is 3. The first-order valence-electron chi connectivity index (χ1n) is 9.54. The third-order valence-corrected chi connectivity index (χ3v) is 5.89. The fourth-order valence-electron chi connectivity index (χ4n) is 3.82. The molecule has 0 radical (unpaired) electrons. The Hall–Kier alpha value is -2.73. The smallest absolute Gasteiger partial charge is 0.231 e. The number of nitrogens with zero attached hydrogens (tertiary/aromatic N) is 1. The Morgan fingerprint density at radius 2 is 1.77 bits per heavy atom. The van der Waals surface area contributed by atoms with Crippen LogP contribution in [-0.4, -0.2) is 17.6 Å². The van der Waals surface area contributed by atoms with Gasteiger partial charge in [0.05, 0.1) is 0 Å². The number of aromatic hydroxyl groups is 1. The molecule has 2 aliphatic heterocycles. The van der Waals surface area contributed by atoms with Crippen LogP contribution in [0, 0.1) is 0 Å². The molecule has 0 unspecified atom stereocenters. The second-order valence-electron chi connectivity index (χ2n) is 7.19. The summed E-state index contributed by atoms with van der Waals surface area (Å²) in [5, 5.41) is 15.2. The van der Waals surface area contributed by atoms with Crippen LogP contribution in [0.3, 0.4) is 0 Å². The molecule has 0 aliphatic carbocycles. The zero-order valence-corrected chi connectivity index (χ0v) is 17.3. The van der Waals surface area contributed by atoms with E-state index in [1.807, 2.05) is 42.5 Å². The molecule has 2 N–H and O–H groups in total. The normalized spacial score (nSPS) is 20.1. The largest absolute Gasteiger partial charge is 0.508 e. The molecule has 5 nitrogen and oxygen atoms in total. The Balaban J connectivity index is 1.59. The molecule has 0 fully saturated rings. The summed E-state index contributed by atoms with van der Waals surface area (Å²) in [6, 6.07) is 18.2. The maximum absolute atomic E-state index is 10.5. The Kier molecular flexibility index (Phi) is 5.03. The van der Waals surface area contributed by atoms with Gasteiger partial charge in [0.2, 0.25) is 6.79 Å². The van der Waals surface area contributed by atoms with Crippen LogP contribution in [-0.2, 0) is 0 Å². The predicted molar refractivity (Wildman–Crippen MR) is 117 cm³/mol. The number of phenolic OH excluding ortho intramolecular Hbond substituents is 1. The maximum Gasteiger partial charge on any atom is 0.231 e. The van der Waals surface area contributed by atoms with E-state index < -0.39 is 0 Å². The molecular formula is C23H18Cl2N2O3. The van der Waals surface area contributed by atoms with Crippen LogP contribution in [0.4, 0.5) is 0 Å². The van der Waals surface area contributed by atoms with Crippen molar-refractivity contribution in [3.05, 3.63) is 87.4 Å². The average Bonchev–Trinajstić information content (AvgIpc) is 3.23. The average molecular weight is 441 g/mol. The number of aliphatic imine (C=N–C) groups is 1. The highest BCUT2D eigenvalue weighted by atomic mass is 35.5. The number of fused-ring (bicyclic) bond motifs is 1. The van der Waals surface area contributed by atoms with E-state index in [0.29, 0.717) is 27.8 Å². The molecule has 0 bridgehead atoms. The van der Waals surface area contributed by atoms with E-state index in [9.17, 15) is 5.11 Å². The van der Waals surface area contributed by atoms with E-state index in [0.717, 1.165) is 22.6 Å². The number of rotatable bonds is 3. The number of hydrogen-bond acceptors (Lipinski definition) is 5. The van der Waals surface area contributed by atoms with Crippen LogP contribution in [0.15, 0.2) is 65.7 Å². The summed E-state index contributed by atoms with van der Waals surface area (Å²) in [5.74, 6) is 1.60. The SMILES string of the molecule is Oc1ccc(Cl)cc1[C@@H]1CC(c2ccc3c(c2)OCO3)=N[C@H](c2ccccc2Cl)N1. The van der Waals surface area contributed by atoms with E-state index >= 15 is 0 Å². The van der Waals surface area contributed by atoms with Gasteiger partial charge in [0.15, 0.2) is 11.5 Å². The zero-order valence-electron chi connectivity index (χ0n) is 15.8. The first-order chi connectivity index (χ1) is 14.6. The van der Waals surface area contributed by atoms with Gasteiger partial charge in [-0.25, -0.2) is 0 Å². The lowest BCUT2D eigenvalue weighted by atomic mass is 9.93. The molecule has 0 aromatic heterocycles. The second-order valence-corrected chi connectivity index (χ2v) is 8.04. The van der Waals surface area contributed by atoms with Gasteiger partial charge in [0.25, 0.3) is 0 Å². The first kappa shape index (κ1) is 19.2. The summed E-state index contributed by atoms with van der Waals surface area (Å²) >= 11 is 12.7. The summed E-state index contributed by atoms with van der Waals surface area (Å²) in [5.41, 5.74) is 3.39. The Morgan fingerprint density at radius 3 is 2.63 bits per heavy atom. The molecule has 2 atom stereocenters. The number of ether oxygens (including phenoxy) is 2. The Bertz CT molecular complexity index is 1150. The molecule has 7 heteroatoms. The van der Waals surface area contributed by atoms with Crippen LogP contribution in [0.5, 0.6) is 17.2 Å². The minimum absolute atomic E-state index is 0.182. The zero-order chi connectivity index (χ0) is 20.7. The third-order valence-electron chi connectivity index (χ3n) is 5.31. The van der Waals surface area contributed by atoms with E-state index in [-0.39, 0.29) is 24.8 Å². The monoisotopic (exact) mass is 440 g/mol. The number of nitrogens with one attached hydrogen (secondary N) is 1. The Labute approximate surface area is 183 Å². The van der Waals surface area contributed by atoms with Crippen LogP contribution in [0.25, 0.3) is 0 Å². The molecule has 3 aromatic rings. The Morgan fingerprint density at radius 1 is 0.933 bits per heavy atom. The number of hydrogen-bond donors (Lipinski definition) is 2. The van der Waals surface area contributed by atoms with Crippen molar-refractivity contribution in [2.75, 3.05) is 6.79 Å². The molecule has 2 aliphatic rings. The predicted octanol–water partition coefficient (Wildman–Crippen LogP) is 5.65. The van der Waals surface area contributed by atoms with Crippen molar-refractivity contribution in [3.63, 3.8) is 0 Å². The molecule has 0 saturated heterocycles. The van der Waals surface area contributed by atoms with Crippen molar-refractivity contribution in [2.24, 2.45) is 4.99 Å². The van der Waals surface area contributed by atoms with Gasteiger partial charge in [0.1, 0.15) is 11.9 Å². The lowest BCUT2D eigenvalue weighted by Gasteiger charge is -2.31. The topological polar surface area (TPSA) is 63.1 Å².